The zero-order chi connectivity index (χ0) is 18.8. The Morgan fingerprint density at radius 3 is 2.44 bits per heavy atom. The number of rotatable bonds is 3. The minimum Gasteiger partial charge on any atom is -0.496 e. The van der Waals surface area contributed by atoms with E-state index in [1.807, 2.05) is 33.8 Å². The predicted octanol–water partition coefficient (Wildman–Crippen LogP) is 2.24. The van der Waals surface area contributed by atoms with Crippen LogP contribution in [0.15, 0.2) is 18.2 Å². The van der Waals surface area contributed by atoms with Crippen LogP contribution in [0.4, 0.5) is 10.5 Å². The Morgan fingerprint density at radius 2 is 1.92 bits per heavy atom. The van der Waals surface area contributed by atoms with E-state index in [0.29, 0.717) is 30.9 Å². The van der Waals surface area contributed by atoms with Gasteiger partial charge in [0.1, 0.15) is 11.4 Å². The van der Waals surface area contributed by atoms with Crippen molar-refractivity contribution in [3.63, 3.8) is 0 Å². The standard InChI is InChI=1S/C18H27N3O4/c1-12-11-20(8-9-21(12)17(23)25-18(2,3)4)13-6-7-14(16(19)22)15(10-13)24-5/h6-7,10,12H,8-9,11H2,1-5H3,(H2,19,22)/t12-/m1/s1. The Morgan fingerprint density at radius 1 is 1.24 bits per heavy atom. The van der Waals surface area contributed by atoms with E-state index in [4.69, 9.17) is 15.2 Å². The van der Waals surface area contributed by atoms with Crippen molar-refractivity contribution in [2.45, 2.75) is 39.3 Å². The van der Waals surface area contributed by atoms with Crippen molar-refractivity contribution in [2.24, 2.45) is 5.73 Å². The summed E-state index contributed by atoms with van der Waals surface area (Å²) in [5.41, 5.74) is 6.13. The molecule has 7 heteroatoms. The molecule has 0 aromatic heterocycles. The third-order valence-corrected chi connectivity index (χ3v) is 4.07. The number of hydrogen-bond donors (Lipinski definition) is 1. The Bertz CT molecular complexity index is 654. The lowest BCUT2D eigenvalue weighted by Gasteiger charge is -2.41. The van der Waals surface area contributed by atoms with E-state index in [1.165, 1.54) is 7.11 Å². The minimum absolute atomic E-state index is 0.00501. The smallest absolute Gasteiger partial charge is 0.410 e. The van der Waals surface area contributed by atoms with Gasteiger partial charge in [0, 0.05) is 37.4 Å². The fourth-order valence-corrected chi connectivity index (χ4v) is 2.86. The highest BCUT2D eigenvalue weighted by Gasteiger charge is 2.31. The molecule has 1 fully saturated rings. The van der Waals surface area contributed by atoms with Gasteiger partial charge in [0.25, 0.3) is 5.91 Å². The van der Waals surface area contributed by atoms with Gasteiger partial charge in [-0.1, -0.05) is 0 Å². The van der Waals surface area contributed by atoms with Gasteiger partial charge in [-0.3, -0.25) is 4.79 Å². The van der Waals surface area contributed by atoms with Gasteiger partial charge < -0.3 is 25.0 Å². The van der Waals surface area contributed by atoms with Crippen molar-refractivity contribution in [1.82, 2.24) is 4.90 Å². The molecular weight excluding hydrogens is 322 g/mol. The first-order chi connectivity index (χ1) is 11.6. The number of hydrogen-bond acceptors (Lipinski definition) is 5. The van der Waals surface area contributed by atoms with E-state index >= 15 is 0 Å². The van der Waals surface area contributed by atoms with Crippen molar-refractivity contribution in [1.29, 1.82) is 0 Å². The summed E-state index contributed by atoms with van der Waals surface area (Å²) in [6.07, 6.45) is -0.290. The summed E-state index contributed by atoms with van der Waals surface area (Å²) in [4.78, 5) is 27.6. The van der Waals surface area contributed by atoms with Crippen LogP contribution in [-0.4, -0.2) is 55.3 Å². The van der Waals surface area contributed by atoms with E-state index in [1.54, 1.807) is 17.0 Å². The van der Waals surface area contributed by atoms with Crippen molar-refractivity contribution in [3.05, 3.63) is 23.8 Å². The number of primary amides is 1. The van der Waals surface area contributed by atoms with Crippen molar-refractivity contribution >= 4 is 17.7 Å². The molecule has 0 aliphatic carbocycles. The van der Waals surface area contributed by atoms with Crippen molar-refractivity contribution in [3.8, 4) is 5.75 Å². The zero-order valence-corrected chi connectivity index (χ0v) is 15.5. The Kier molecular flexibility index (Phi) is 5.45. The summed E-state index contributed by atoms with van der Waals surface area (Å²) < 4.78 is 10.7. The van der Waals surface area contributed by atoms with Crippen LogP contribution in [-0.2, 0) is 4.74 Å². The second kappa shape index (κ2) is 7.21. The van der Waals surface area contributed by atoms with Crippen LogP contribution >= 0.6 is 0 Å². The number of ether oxygens (including phenoxy) is 2. The van der Waals surface area contributed by atoms with Crippen LogP contribution < -0.4 is 15.4 Å². The molecule has 2 rings (SSSR count). The molecule has 2 N–H and O–H groups in total. The van der Waals surface area contributed by atoms with E-state index < -0.39 is 11.5 Å². The third kappa shape index (κ3) is 4.55. The number of benzene rings is 1. The molecule has 25 heavy (non-hydrogen) atoms. The van der Waals surface area contributed by atoms with Crippen LogP contribution in [0.25, 0.3) is 0 Å². The van der Waals surface area contributed by atoms with Crippen molar-refractivity contribution in [2.75, 3.05) is 31.6 Å². The molecule has 0 radical (unpaired) electrons. The molecule has 0 spiro atoms. The number of methoxy groups -OCH3 is 1. The lowest BCUT2D eigenvalue weighted by Crippen LogP contribution is -2.55. The summed E-state index contributed by atoms with van der Waals surface area (Å²) in [6.45, 7) is 9.47. The number of nitrogens with zero attached hydrogens (tertiary/aromatic N) is 2. The molecule has 0 bridgehead atoms. The molecule has 1 aliphatic rings. The summed E-state index contributed by atoms with van der Waals surface area (Å²) in [7, 11) is 1.51. The molecule has 0 saturated carbocycles. The molecule has 0 unspecified atom stereocenters. The van der Waals surface area contributed by atoms with Gasteiger partial charge >= 0.3 is 6.09 Å². The number of nitrogens with two attached hydrogens (primary N) is 1. The number of anilines is 1. The molecule has 2 amide bonds. The largest absolute Gasteiger partial charge is 0.496 e. The Hall–Kier alpha value is -2.44. The zero-order valence-electron chi connectivity index (χ0n) is 15.5. The van der Waals surface area contributed by atoms with Crippen molar-refractivity contribution < 1.29 is 19.1 Å². The van der Waals surface area contributed by atoms with Crippen LogP contribution in [0.2, 0.25) is 0 Å². The normalized spacial score (nSPS) is 18.0. The van der Waals surface area contributed by atoms with Crippen LogP contribution in [0.5, 0.6) is 5.75 Å². The maximum absolute atomic E-state index is 12.3. The number of piperazine rings is 1. The van der Waals surface area contributed by atoms with E-state index in [2.05, 4.69) is 4.90 Å². The van der Waals surface area contributed by atoms with Gasteiger partial charge in [-0.05, 0) is 39.8 Å². The van der Waals surface area contributed by atoms with Gasteiger partial charge in [0.15, 0.2) is 0 Å². The topological polar surface area (TPSA) is 85.1 Å². The molecule has 138 valence electrons. The lowest BCUT2D eigenvalue weighted by atomic mass is 10.1. The summed E-state index contributed by atoms with van der Waals surface area (Å²) >= 11 is 0. The third-order valence-electron chi connectivity index (χ3n) is 4.07. The Balaban J connectivity index is 2.10. The first-order valence-corrected chi connectivity index (χ1v) is 8.35. The maximum Gasteiger partial charge on any atom is 0.410 e. The summed E-state index contributed by atoms with van der Waals surface area (Å²) in [6, 6.07) is 5.32. The highest BCUT2D eigenvalue weighted by Crippen LogP contribution is 2.27. The number of carbonyl (C=O) groups is 2. The summed E-state index contributed by atoms with van der Waals surface area (Å²) in [5, 5.41) is 0. The molecule has 1 saturated heterocycles. The molecule has 1 aromatic rings. The van der Waals surface area contributed by atoms with E-state index in [9.17, 15) is 9.59 Å². The monoisotopic (exact) mass is 349 g/mol. The first kappa shape index (κ1) is 18.9. The van der Waals surface area contributed by atoms with Gasteiger partial charge in [-0.25, -0.2) is 4.79 Å². The van der Waals surface area contributed by atoms with Crippen LogP contribution in [0.1, 0.15) is 38.1 Å². The highest BCUT2D eigenvalue weighted by atomic mass is 16.6. The quantitative estimate of drug-likeness (QED) is 0.904. The average molecular weight is 349 g/mol. The summed E-state index contributed by atoms with van der Waals surface area (Å²) in [5.74, 6) is -0.0706. The number of carbonyl (C=O) groups excluding carboxylic acids is 2. The van der Waals surface area contributed by atoms with Gasteiger partial charge in [-0.15, -0.1) is 0 Å². The molecule has 1 aromatic carbocycles. The van der Waals surface area contributed by atoms with Gasteiger partial charge in [0.05, 0.1) is 12.7 Å². The Labute approximate surface area is 148 Å². The number of amides is 2. The molecular formula is C18H27N3O4. The van der Waals surface area contributed by atoms with Gasteiger partial charge in [0.2, 0.25) is 0 Å². The van der Waals surface area contributed by atoms with E-state index in [-0.39, 0.29) is 12.1 Å². The van der Waals surface area contributed by atoms with E-state index in [0.717, 1.165) is 5.69 Å². The van der Waals surface area contributed by atoms with Crippen LogP contribution in [0, 0.1) is 0 Å². The lowest BCUT2D eigenvalue weighted by molar-refractivity contribution is 0.0159. The predicted molar refractivity (Wildman–Crippen MR) is 96.1 cm³/mol. The maximum atomic E-state index is 12.3. The molecule has 1 aliphatic heterocycles. The fourth-order valence-electron chi connectivity index (χ4n) is 2.86. The molecule has 1 atom stereocenters. The second-order valence-corrected chi connectivity index (χ2v) is 7.22. The molecule has 1 heterocycles. The highest BCUT2D eigenvalue weighted by molar-refractivity contribution is 5.96. The SMILES string of the molecule is COc1cc(N2CCN(C(=O)OC(C)(C)C)[C@H](C)C2)ccc1C(N)=O. The van der Waals surface area contributed by atoms with Gasteiger partial charge in [-0.2, -0.15) is 0 Å². The molecule has 7 nitrogen and oxygen atoms in total. The fraction of sp³-hybridized carbons (Fsp3) is 0.556. The first-order valence-electron chi connectivity index (χ1n) is 8.35. The average Bonchev–Trinajstić information content (AvgIpc) is 2.52. The second-order valence-electron chi connectivity index (χ2n) is 7.22. The minimum atomic E-state index is -0.522. The van der Waals surface area contributed by atoms with Crippen LogP contribution in [0.3, 0.4) is 0 Å².